The molecule has 26 heavy (non-hydrogen) atoms. The predicted octanol–water partition coefficient (Wildman–Crippen LogP) is 1.76. The molecule has 1 aliphatic heterocycles. The summed E-state index contributed by atoms with van der Waals surface area (Å²) in [6.45, 7) is 2.34. The van der Waals surface area contributed by atoms with Gasteiger partial charge >= 0.3 is 6.03 Å². The third kappa shape index (κ3) is 2.97. The average molecular weight is 355 g/mol. The summed E-state index contributed by atoms with van der Waals surface area (Å²) in [7, 11) is 0. The zero-order valence-corrected chi connectivity index (χ0v) is 15.1. The minimum absolute atomic E-state index is 0.193. The fraction of sp³-hybridized carbons (Fsp3) is 0.550. The molecule has 6 nitrogen and oxygen atoms in total. The molecule has 3 aliphatic rings. The van der Waals surface area contributed by atoms with Gasteiger partial charge in [0.1, 0.15) is 12.1 Å². The molecule has 4 amide bonds. The highest BCUT2D eigenvalue weighted by Gasteiger charge is 2.65. The zero-order chi connectivity index (χ0) is 18.3. The smallest absolute Gasteiger partial charge is 0.325 e. The molecule has 0 spiro atoms. The predicted molar refractivity (Wildman–Crippen MR) is 96.3 cm³/mol. The maximum Gasteiger partial charge on any atom is 0.325 e. The molecular weight excluding hydrogens is 330 g/mol. The van der Waals surface area contributed by atoms with Crippen molar-refractivity contribution in [3.8, 4) is 0 Å². The number of amides is 4. The fourth-order valence-corrected chi connectivity index (χ4v) is 4.15. The Hall–Kier alpha value is -2.37. The molecule has 2 aliphatic carbocycles. The minimum Gasteiger partial charge on any atom is -0.354 e. The maximum atomic E-state index is 12.9. The summed E-state index contributed by atoms with van der Waals surface area (Å²) in [4.78, 5) is 38.7. The summed E-state index contributed by atoms with van der Waals surface area (Å²) in [6, 6.07) is 7.63. The topological polar surface area (TPSA) is 78.5 Å². The molecule has 1 heterocycles. The van der Waals surface area contributed by atoms with Gasteiger partial charge in [0.15, 0.2) is 0 Å². The highest BCUT2D eigenvalue weighted by molar-refractivity contribution is 6.09. The van der Waals surface area contributed by atoms with Crippen LogP contribution in [0.15, 0.2) is 24.3 Å². The summed E-state index contributed by atoms with van der Waals surface area (Å²) < 4.78 is 0. The summed E-state index contributed by atoms with van der Waals surface area (Å²) in [5.41, 5.74) is 1.65. The van der Waals surface area contributed by atoms with E-state index in [1.54, 1.807) is 0 Å². The number of aryl methyl sites for hydroxylation is 1. The van der Waals surface area contributed by atoms with Crippen molar-refractivity contribution in [1.82, 2.24) is 15.5 Å². The molecule has 138 valence electrons. The molecule has 0 radical (unpaired) electrons. The first kappa shape index (κ1) is 17.1. The number of imide groups is 1. The number of benzene rings is 1. The van der Waals surface area contributed by atoms with Gasteiger partial charge in [-0.2, -0.15) is 0 Å². The second-order valence-corrected chi connectivity index (χ2v) is 7.77. The lowest BCUT2D eigenvalue weighted by molar-refractivity contribution is -0.136. The number of carbonyl (C=O) groups is 3. The van der Waals surface area contributed by atoms with E-state index >= 15 is 0 Å². The molecule has 2 N–H and O–H groups in total. The zero-order valence-electron chi connectivity index (χ0n) is 15.1. The van der Waals surface area contributed by atoms with Crippen LogP contribution < -0.4 is 10.6 Å². The van der Waals surface area contributed by atoms with Crippen molar-refractivity contribution < 1.29 is 14.4 Å². The van der Waals surface area contributed by atoms with Gasteiger partial charge in [0.05, 0.1) is 0 Å². The van der Waals surface area contributed by atoms with Crippen molar-refractivity contribution in [3.63, 3.8) is 0 Å². The van der Waals surface area contributed by atoms with Crippen molar-refractivity contribution in [1.29, 1.82) is 0 Å². The van der Waals surface area contributed by atoms with Crippen molar-refractivity contribution >= 4 is 17.8 Å². The second kappa shape index (κ2) is 6.41. The van der Waals surface area contributed by atoms with Crippen molar-refractivity contribution in [2.24, 2.45) is 11.8 Å². The molecule has 1 saturated heterocycles. The van der Waals surface area contributed by atoms with E-state index in [1.165, 1.54) is 11.1 Å². The Kier molecular flexibility index (Phi) is 4.21. The number of nitrogens with zero attached hydrogens (tertiary/aromatic N) is 1. The van der Waals surface area contributed by atoms with Crippen LogP contribution in [-0.4, -0.2) is 41.4 Å². The first-order valence-corrected chi connectivity index (χ1v) is 9.47. The van der Waals surface area contributed by atoms with Gasteiger partial charge in [-0.3, -0.25) is 14.5 Å². The summed E-state index contributed by atoms with van der Waals surface area (Å²) in [5, 5.41) is 5.77. The molecule has 1 aromatic carbocycles. The van der Waals surface area contributed by atoms with Crippen molar-refractivity contribution in [3.05, 3.63) is 35.4 Å². The van der Waals surface area contributed by atoms with Crippen molar-refractivity contribution in [2.75, 3.05) is 13.1 Å². The number of urea groups is 1. The second-order valence-electron chi connectivity index (χ2n) is 7.77. The van der Waals surface area contributed by atoms with Crippen LogP contribution in [0.4, 0.5) is 4.79 Å². The van der Waals surface area contributed by atoms with E-state index in [0.29, 0.717) is 6.54 Å². The van der Waals surface area contributed by atoms with E-state index in [4.69, 9.17) is 0 Å². The van der Waals surface area contributed by atoms with E-state index in [9.17, 15) is 14.4 Å². The van der Waals surface area contributed by atoms with E-state index < -0.39 is 11.6 Å². The normalized spacial score (nSPS) is 21.7. The van der Waals surface area contributed by atoms with Crippen LogP contribution >= 0.6 is 0 Å². The largest absolute Gasteiger partial charge is 0.354 e. The minimum atomic E-state index is -0.724. The van der Waals surface area contributed by atoms with Gasteiger partial charge in [-0.25, -0.2) is 4.79 Å². The quantitative estimate of drug-likeness (QED) is 0.732. The van der Waals surface area contributed by atoms with Crippen LogP contribution in [-0.2, 0) is 16.0 Å². The Bertz CT molecular complexity index is 740. The Morgan fingerprint density at radius 3 is 2.46 bits per heavy atom. The molecule has 4 rings (SSSR count). The molecule has 3 fully saturated rings. The third-order valence-electron chi connectivity index (χ3n) is 5.88. The van der Waals surface area contributed by atoms with Gasteiger partial charge in [-0.15, -0.1) is 0 Å². The molecule has 1 aromatic rings. The number of nitrogens with one attached hydrogen (secondary N) is 2. The number of hydrogen-bond acceptors (Lipinski definition) is 3. The van der Waals surface area contributed by atoms with Gasteiger partial charge in [-0.1, -0.05) is 24.3 Å². The third-order valence-corrected chi connectivity index (χ3v) is 5.88. The van der Waals surface area contributed by atoms with Crippen LogP contribution in [0.25, 0.3) is 0 Å². The van der Waals surface area contributed by atoms with Crippen LogP contribution in [0.3, 0.4) is 0 Å². The molecule has 0 aromatic heterocycles. The number of rotatable bonds is 7. The van der Waals surface area contributed by atoms with Crippen LogP contribution in [0.1, 0.15) is 36.8 Å². The summed E-state index contributed by atoms with van der Waals surface area (Å²) in [6.07, 6.45) is 4.67. The van der Waals surface area contributed by atoms with E-state index in [1.807, 2.05) is 31.2 Å². The monoisotopic (exact) mass is 355 g/mol. The lowest BCUT2D eigenvalue weighted by atomic mass is 9.87. The van der Waals surface area contributed by atoms with Gasteiger partial charge in [0.2, 0.25) is 5.91 Å². The lowest BCUT2D eigenvalue weighted by Crippen LogP contribution is -2.51. The highest BCUT2D eigenvalue weighted by Crippen LogP contribution is 2.54. The van der Waals surface area contributed by atoms with E-state index in [-0.39, 0.29) is 30.2 Å². The summed E-state index contributed by atoms with van der Waals surface area (Å²) in [5.74, 6) is 0.0205. The molecule has 0 unspecified atom stereocenters. The Labute approximate surface area is 153 Å². The first-order valence-electron chi connectivity index (χ1n) is 9.47. The Morgan fingerprint density at radius 1 is 1.19 bits per heavy atom. The van der Waals surface area contributed by atoms with Crippen LogP contribution in [0.2, 0.25) is 0 Å². The van der Waals surface area contributed by atoms with Gasteiger partial charge in [0.25, 0.3) is 5.91 Å². The van der Waals surface area contributed by atoms with Gasteiger partial charge in [-0.05, 0) is 62.0 Å². The lowest BCUT2D eigenvalue weighted by Gasteiger charge is -2.26. The summed E-state index contributed by atoms with van der Waals surface area (Å²) >= 11 is 0. The van der Waals surface area contributed by atoms with Crippen LogP contribution in [0, 0.1) is 18.8 Å². The highest BCUT2D eigenvalue weighted by atomic mass is 16.2. The Balaban J connectivity index is 1.33. The van der Waals surface area contributed by atoms with Crippen LogP contribution in [0.5, 0.6) is 0 Å². The fourth-order valence-electron chi connectivity index (χ4n) is 4.15. The van der Waals surface area contributed by atoms with Gasteiger partial charge in [0, 0.05) is 6.54 Å². The van der Waals surface area contributed by atoms with Gasteiger partial charge < -0.3 is 10.6 Å². The van der Waals surface area contributed by atoms with E-state index in [0.717, 1.165) is 37.0 Å². The molecule has 6 heteroatoms. The average Bonchev–Trinajstić information content (AvgIpc) is 3.51. The SMILES string of the molecule is Cc1ccccc1CCNC(=O)CN1C(=O)NC(C2CC2)(C2CC2)C1=O. The number of hydrogen-bond donors (Lipinski definition) is 2. The first-order chi connectivity index (χ1) is 12.5. The van der Waals surface area contributed by atoms with E-state index in [2.05, 4.69) is 10.6 Å². The standard InChI is InChI=1S/C20H25N3O3/c1-13-4-2-3-5-14(13)10-11-21-17(24)12-23-18(25)20(15-6-7-15,16-8-9-16)22-19(23)26/h2-5,15-16H,6-12H2,1H3,(H,21,24)(H,22,26). The number of carbonyl (C=O) groups excluding carboxylic acids is 3. The molecular formula is C20H25N3O3. The Morgan fingerprint density at radius 2 is 1.85 bits per heavy atom. The molecule has 0 bridgehead atoms. The maximum absolute atomic E-state index is 12.9. The molecule has 2 saturated carbocycles. The molecule has 0 atom stereocenters. The van der Waals surface area contributed by atoms with Crippen molar-refractivity contribution in [2.45, 2.75) is 44.6 Å².